The van der Waals surface area contributed by atoms with E-state index in [0.717, 1.165) is 0 Å². The van der Waals surface area contributed by atoms with Gasteiger partial charge in [-0.15, -0.1) is 0 Å². The fourth-order valence-electron chi connectivity index (χ4n) is 2.39. The lowest BCUT2D eigenvalue weighted by Crippen LogP contribution is -2.06. The van der Waals surface area contributed by atoms with Gasteiger partial charge in [0.1, 0.15) is 29.3 Å². The van der Waals surface area contributed by atoms with Crippen LogP contribution in [-0.2, 0) is 0 Å². The van der Waals surface area contributed by atoms with Crippen molar-refractivity contribution in [2.75, 3.05) is 30.6 Å². The Morgan fingerprint density at radius 1 is 0.929 bits per heavy atom. The number of nitrogen functional groups attached to an aromatic ring is 1. The van der Waals surface area contributed by atoms with Crippen LogP contribution in [-0.4, -0.2) is 24.2 Å². The summed E-state index contributed by atoms with van der Waals surface area (Å²) in [6.45, 7) is 0. The summed E-state index contributed by atoms with van der Waals surface area (Å²) in [5.41, 5.74) is 7.47. The molecular formula is C18H16Cl2FN5O2. The van der Waals surface area contributed by atoms with Crippen LogP contribution in [0.5, 0.6) is 11.5 Å². The van der Waals surface area contributed by atoms with Crippen LogP contribution < -0.4 is 25.8 Å². The third-order valence-corrected chi connectivity index (χ3v) is 4.38. The third-order valence-electron chi connectivity index (χ3n) is 3.79. The van der Waals surface area contributed by atoms with Crippen LogP contribution in [0.4, 0.5) is 33.1 Å². The summed E-state index contributed by atoms with van der Waals surface area (Å²) in [5.74, 6) is 1.08. The summed E-state index contributed by atoms with van der Waals surface area (Å²) >= 11 is 12.0. The van der Waals surface area contributed by atoms with Crippen LogP contribution in [0.15, 0.2) is 36.7 Å². The maximum Gasteiger partial charge on any atom is 0.159 e. The summed E-state index contributed by atoms with van der Waals surface area (Å²) in [4.78, 5) is 8.27. The van der Waals surface area contributed by atoms with Crippen LogP contribution in [0, 0.1) is 5.82 Å². The fourth-order valence-corrected chi connectivity index (χ4v) is 2.81. The molecule has 28 heavy (non-hydrogen) atoms. The van der Waals surface area contributed by atoms with Gasteiger partial charge in [0.25, 0.3) is 0 Å². The number of halogens is 3. The monoisotopic (exact) mass is 423 g/mol. The number of ether oxygens (including phenoxy) is 2. The predicted octanol–water partition coefficient (Wildman–Crippen LogP) is 5.01. The van der Waals surface area contributed by atoms with E-state index in [4.69, 9.17) is 38.4 Å². The van der Waals surface area contributed by atoms with Crippen molar-refractivity contribution in [1.29, 1.82) is 0 Å². The van der Waals surface area contributed by atoms with Crippen molar-refractivity contribution in [2.24, 2.45) is 0 Å². The van der Waals surface area contributed by atoms with Gasteiger partial charge in [-0.3, -0.25) is 0 Å². The number of nitrogens with two attached hydrogens (primary N) is 1. The number of aromatic nitrogens is 2. The highest BCUT2D eigenvalue weighted by Gasteiger charge is 2.14. The Morgan fingerprint density at radius 3 is 2.25 bits per heavy atom. The van der Waals surface area contributed by atoms with E-state index in [2.05, 4.69) is 20.6 Å². The summed E-state index contributed by atoms with van der Waals surface area (Å²) in [7, 11) is 3.03. The van der Waals surface area contributed by atoms with Gasteiger partial charge < -0.3 is 25.8 Å². The van der Waals surface area contributed by atoms with Crippen LogP contribution in [0.1, 0.15) is 0 Å². The van der Waals surface area contributed by atoms with Gasteiger partial charge in [-0.1, -0.05) is 23.2 Å². The Bertz CT molecular complexity index is 1020. The quantitative estimate of drug-likeness (QED) is 0.512. The molecule has 7 nitrogen and oxygen atoms in total. The lowest BCUT2D eigenvalue weighted by Gasteiger charge is -2.16. The van der Waals surface area contributed by atoms with E-state index >= 15 is 0 Å². The average molecular weight is 424 g/mol. The third kappa shape index (κ3) is 4.13. The number of nitrogens with zero attached hydrogens (tertiary/aromatic N) is 2. The van der Waals surface area contributed by atoms with Gasteiger partial charge in [-0.05, 0) is 24.3 Å². The topological polar surface area (TPSA) is 94.3 Å². The number of anilines is 5. The Morgan fingerprint density at radius 2 is 1.61 bits per heavy atom. The Labute approximate surface area is 170 Å². The predicted molar refractivity (Wildman–Crippen MR) is 109 cm³/mol. The molecule has 0 unspecified atom stereocenters. The molecule has 1 aromatic heterocycles. The van der Waals surface area contributed by atoms with E-state index in [1.54, 1.807) is 12.1 Å². The van der Waals surface area contributed by atoms with Gasteiger partial charge in [0, 0.05) is 11.8 Å². The molecule has 0 radical (unpaired) electrons. The van der Waals surface area contributed by atoms with Crippen molar-refractivity contribution < 1.29 is 13.9 Å². The molecule has 0 saturated heterocycles. The highest BCUT2D eigenvalue weighted by Crippen LogP contribution is 2.38. The maximum atomic E-state index is 13.3. The molecule has 0 bridgehead atoms. The van der Waals surface area contributed by atoms with Crippen LogP contribution in [0.3, 0.4) is 0 Å². The summed E-state index contributed by atoms with van der Waals surface area (Å²) < 4.78 is 23.9. The molecule has 4 N–H and O–H groups in total. The molecule has 2 aromatic carbocycles. The van der Waals surface area contributed by atoms with E-state index in [1.807, 2.05) is 0 Å². The normalized spacial score (nSPS) is 10.5. The lowest BCUT2D eigenvalue weighted by atomic mass is 10.2. The van der Waals surface area contributed by atoms with Crippen LogP contribution >= 0.6 is 23.2 Å². The number of hydrogen-bond donors (Lipinski definition) is 3. The first-order valence-electron chi connectivity index (χ1n) is 7.94. The lowest BCUT2D eigenvalue weighted by molar-refractivity contribution is 0.396. The molecule has 0 amide bonds. The summed E-state index contributed by atoms with van der Waals surface area (Å²) in [6.07, 6.45) is 1.32. The number of methoxy groups -OCH3 is 2. The minimum absolute atomic E-state index is 0.0198. The number of rotatable bonds is 6. The van der Waals surface area contributed by atoms with Gasteiger partial charge >= 0.3 is 0 Å². The highest BCUT2D eigenvalue weighted by molar-refractivity contribution is 6.32. The first-order valence-corrected chi connectivity index (χ1v) is 8.69. The van der Waals surface area contributed by atoms with E-state index in [1.165, 1.54) is 38.7 Å². The second-order valence-electron chi connectivity index (χ2n) is 5.55. The van der Waals surface area contributed by atoms with Gasteiger partial charge in [-0.2, -0.15) is 0 Å². The number of hydrogen-bond acceptors (Lipinski definition) is 7. The maximum absolute atomic E-state index is 13.3. The largest absolute Gasteiger partial charge is 0.495 e. The van der Waals surface area contributed by atoms with Gasteiger partial charge in [0.05, 0.1) is 30.0 Å². The summed E-state index contributed by atoms with van der Waals surface area (Å²) in [6, 6.07) is 7.46. The SMILES string of the molecule is COc1cc(OC)c(Nc2ncnc(Nc3ccc(F)c(Cl)c3)c2N)cc1Cl. The molecule has 0 atom stereocenters. The fraction of sp³-hybridized carbons (Fsp3) is 0.111. The van der Waals surface area contributed by atoms with Gasteiger partial charge in [0.2, 0.25) is 0 Å². The Balaban J connectivity index is 1.91. The molecule has 0 aliphatic carbocycles. The molecule has 0 fully saturated rings. The van der Waals surface area contributed by atoms with Gasteiger partial charge in [-0.25, -0.2) is 14.4 Å². The smallest absolute Gasteiger partial charge is 0.159 e. The molecule has 1 heterocycles. The molecule has 10 heteroatoms. The zero-order valence-corrected chi connectivity index (χ0v) is 16.4. The van der Waals surface area contributed by atoms with Crippen molar-refractivity contribution in [1.82, 2.24) is 9.97 Å². The van der Waals surface area contributed by atoms with Crippen LogP contribution in [0.25, 0.3) is 0 Å². The second kappa shape index (κ2) is 8.37. The summed E-state index contributed by atoms with van der Waals surface area (Å²) in [5, 5.41) is 6.41. The van der Waals surface area contributed by atoms with E-state index < -0.39 is 5.82 Å². The second-order valence-corrected chi connectivity index (χ2v) is 6.36. The van der Waals surface area contributed by atoms with Crippen molar-refractivity contribution in [3.8, 4) is 11.5 Å². The van der Waals surface area contributed by atoms with Crippen LogP contribution in [0.2, 0.25) is 10.0 Å². The standard InChI is InChI=1S/C18H16Cl2FN5O2/c1-27-14-7-15(28-2)13(6-11(14)20)26-18-16(22)17(23-8-24-18)25-9-3-4-12(21)10(19)5-9/h3-8H,22H2,1-2H3,(H2,23,24,25,26). The van der Waals surface area contributed by atoms with Crippen molar-refractivity contribution in [3.05, 3.63) is 52.5 Å². The van der Waals surface area contributed by atoms with E-state index in [9.17, 15) is 4.39 Å². The molecule has 0 aliphatic rings. The van der Waals surface area contributed by atoms with Crippen molar-refractivity contribution in [3.63, 3.8) is 0 Å². The molecule has 0 spiro atoms. The van der Waals surface area contributed by atoms with Crippen molar-refractivity contribution in [2.45, 2.75) is 0 Å². The van der Waals surface area contributed by atoms with Gasteiger partial charge in [0.15, 0.2) is 11.6 Å². The Hall–Kier alpha value is -2.97. The zero-order valence-electron chi connectivity index (χ0n) is 14.9. The number of benzene rings is 2. The number of nitrogens with one attached hydrogen (secondary N) is 2. The van der Waals surface area contributed by atoms with Crippen molar-refractivity contribution >= 4 is 51.9 Å². The minimum Gasteiger partial charge on any atom is -0.495 e. The molecule has 3 rings (SSSR count). The highest BCUT2D eigenvalue weighted by atomic mass is 35.5. The Kier molecular flexibility index (Phi) is 5.91. The zero-order chi connectivity index (χ0) is 20.3. The minimum atomic E-state index is -0.520. The first-order chi connectivity index (χ1) is 13.4. The first kappa shape index (κ1) is 19.8. The molecule has 0 saturated carbocycles. The molecular weight excluding hydrogens is 408 g/mol. The molecule has 0 aliphatic heterocycles. The molecule has 3 aromatic rings. The average Bonchev–Trinajstić information content (AvgIpc) is 2.68. The van der Waals surface area contributed by atoms with E-state index in [-0.39, 0.29) is 10.7 Å². The molecule has 146 valence electrons. The van der Waals surface area contributed by atoms with E-state index in [0.29, 0.717) is 39.5 Å².